The molecule has 1 amide bonds. The average molecular weight is 534 g/mol. The van der Waals surface area contributed by atoms with Crippen LogP contribution in [0, 0.1) is 0 Å². The van der Waals surface area contributed by atoms with Crippen LogP contribution in [-0.4, -0.2) is 42.8 Å². The molecule has 28 heavy (non-hydrogen) atoms. The molecule has 10 heteroatoms. The number of carbonyl (C=O) groups is 2. The van der Waals surface area contributed by atoms with Gasteiger partial charge in [-0.15, -0.1) is 0 Å². The average Bonchev–Trinajstić information content (AvgIpc) is 2.63. The molecule has 0 unspecified atom stereocenters. The molecule has 0 saturated heterocycles. The van der Waals surface area contributed by atoms with E-state index in [2.05, 4.69) is 37.2 Å². The van der Waals surface area contributed by atoms with Crippen molar-refractivity contribution in [1.29, 1.82) is 0 Å². The van der Waals surface area contributed by atoms with E-state index in [1.807, 2.05) is 0 Å². The number of nitrogens with zero attached hydrogens (tertiary/aromatic N) is 1. The molecule has 0 heterocycles. The van der Waals surface area contributed by atoms with Crippen LogP contribution in [0.15, 0.2) is 50.2 Å². The summed E-state index contributed by atoms with van der Waals surface area (Å²) >= 11 is 6.42. The van der Waals surface area contributed by atoms with Gasteiger partial charge in [-0.25, -0.2) is 13.2 Å². The molecule has 0 aliphatic rings. The Kier molecular flexibility index (Phi) is 7.38. The van der Waals surface area contributed by atoms with Gasteiger partial charge in [0.1, 0.15) is 0 Å². The highest BCUT2D eigenvalue weighted by Crippen LogP contribution is 2.27. The number of hydrogen-bond donors (Lipinski definition) is 2. The maximum Gasteiger partial charge on any atom is 0.337 e. The minimum absolute atomic E-state index is 0.0295. The van der Waals surface area contributed by atoms with Crippen molar-refractivity contribution >= 4 is 59.4 Å². The van der Waals surface area contributed by atoms with E-state index < -0.39 is 21.9 Å². The van der Waals surface area contributed by atoms with E-state index in [-0.39, 0.29) is 21.7 Å². The fourth-order valence-electron chi connectivity index (χ4n) is 2.54. The monoisotopic (exact) mass is 532 g/mol. The number of amides is 1. The maximum absolute atomic E-state index is 12.8. The highest BCUT2D eigenvalue weighted by Gasteiger charge is 2.25. The molecule has 2 aromatic rings. The summed E-state index contributed by atoms with van der Waals surface area (Å²) < 4.78 is 27.8. The molecular weight excluding hydrogens is 516 g/mol. The summed E-state index contributed by atoms with van der Waals surface area (Å²) in [7, 11) is -3.78. The summed E-state index contributed by atoms with van der Waals surface area (Å²) in [5.74, 6) is -1.81. The normalized spacial score (nSPS) is 11.5. The van der Waals surface area contributed by atoms with Gasteiger partial charge in [0.2, 0.25) is 10.0 Å². The predicted molar refractivity (Wildman–Crippen MR) is 113 cm³/mol. The largest absolute Gasteiger partial charge is 0.478 e. The van der Waals surface area contributed by atoms with Gasteiger partial charge in [0.25, 0.3) is 5.91 Å². The van der Waals surface area contributed by atoms with Gasteiger partial charge >= 0.3 is 5.97 Å². The van der Waals surface area contributed by atoms with Gasteiger partial charge in [-0.05, 0) is 52.3 Å². The molecule has 0 atom stereocenters. The number of hydrogen-bond acceptors (Lipinski definition) is 4. The summed E-state index contributed by atoms with van der Waals surface area (Å²) in [6.07, 6.45) is 0. The first kappa shape index (κ1) is 22.5. The van der Waals surface area contributed by atoms with Crippen molar-refractivity contribution in [3.8, 4) is 0 Å². The Bertz CT molecular complexity index is 1020. The van der Waals surface area contributed by atoms with Crippen molar-refractivity contribution in [3.63, 3.8) is 0 Å². The van der Waals surface area contributed by atoms with Crippen molar-refractivity contribution in [1.82, 2.24) is 4.31 Å². The van der Waals surface area contributed by atoms with Gasteiger partial charge in [0.05, 0.1) is 16.1 Å². The van der Waals surface area contributed by atoms with Gasteiger partial charge in [0.15, 0.2) is 0 Å². The quantitative estimate of drug-likeness (QED) is 0.555. The fourth-order valence-corrected chi connectivity index (χ4v) is 5.31. The molecule has 0 aliphatic heterocycles. The van der Waals surface area contributed by atoms with Gasteiger partial charge < -0.3 is 10.4 Å². The van der Waals surface area contributed by atoms with E-state index >= 15 is 0 Å². The number of carboxylic acid groups (broad SMARTS) is 1. The Hall–Kier alpha value is -1.75. The maximum atomic E-state index is 12.8. The topological polar surface area (TPSA) is 104 Å². The number of carbonyl (C=O) groups excluding carboxylic acids is 1. The number of nitrogens with one attached hydrogen (secondary N) is 1. The first-order valence-corrected chi connectivity index (χ1v) is 11.3. The number of anilines is 1. The van der Waals surface area contributed by atoms with Crippen molar-refractivity contribution < 1.29 is 23.1 Å². The molecule has 0 aliphatic carbocycles. The molecule has 2 rings (SSSR count). The second-order valence-corrected chi connectivity index (χ2v) is 9.36. The molecule has 7 nitrogen and oxygen atoms in total. The van der Waals surface area contributed by atoms with Crippen LogP contribution in [-0.2, 0) is 10.0 Å². The minimum atomic E-state index is -3.78. The predicted octanol–water partition coefficient (Wildman–Crippen LogP) is 4.19. The van der Waals surface area contributed by atoms with Crippen molar-refractivity contribution in [3.05, 3.63) is 56.5 Å². The number of carboxylic acids is 1. The van der Waals surface area contributed by atoms with Gasteiger partial charge in [-0.1, -0.05) is 29.8 Å². The smallest absolute Gasteiger partial charge is 0.337 e. The van der Waals surface area contributed by atoms with E-state index in [1.165, 1.54) is 34.6 Å². The van der Waals surface area contributed by atoms with Gasteiger partial charge in [-0.3, -0.25) is 4.79 Å². The summed E-state index contributed by atoms with van der Waals surface area (Å²) in [5, 5.41) is 11.8. The molecule has 0 bridgehead atoms. The van der Waals surface area contributed by atoms with Crippen LogP contribution < -0.4 is 5.32 Å². The number of rotatable bonds is 7. The Morgan fingerprint density at radius 2 is 1.71 bits per heavy atom. The second kappa shape index (κ2) is 9.17. The Balaban J connectivity index is 2.43. The summed E-state index contributed by atoms with van der Waals surface area (Å²) in [6, 6.07) is 8.63. The first-order valence-electron chi connectivity index (χ1n) is 8.25. The minimum Gasteiger partial charge on any atom is -0.478 e. The van der Waals surface area contributed by atoms with E-state index in [0.717, 1.165) is 0 Å². The highest BCUT2D eigenvalue weighted by molar-refractivity contribution is 9.10. The summed E-state index contributed by atoms with van der Waals surface area (Å²) in [6.45, 7) is 4.05. The third-order valence-electron chi connectivity index (χ3n) is 3.98. The first-order chi connectivity index (χ1) is 13.1. The molecule has 0 saturated carbocycles. The van der Waals surface area contributed by atoms with Gasteiger partial charge in [0, 0.05) is 27.6 Å². The Morgan fingerprint density at radius 3 is 2.29 bits per heavy atom. The van der Waals surface area contributed by atoms with E-state index in [4.69, 9.17) is 0 Å². The zero-order valence-electron chi connectivity index (χ0n) is 15.1. The molecule has 0 fully saturated rings. The van der Waals surface area contributed by atoms with Crippen molar-refractivity contribution in [2.45, 2.75) is 18.7 Å². The van der Waals surface area contributed by atoms with Crippen LogP contribution >= 0.6 is 31.9 Å². The van der Waals surface area contributed by atoms with E-state index in [0.29, 0.717) is 22.0 Å². The standard InChI is InChI=1S/C18H18Br2N2O5S/c1-3-22(4-2)28(26,27)16-9-11(5-7-14(16)20)17(23)21-15-8-6-12(19)10-13(15)18(24)25/h5-10H,3-4H2,1-2H3,(H,21,23)(H,24,25). The second-order valence-electron chi connectivity index (χ2n) is 5.68. The van der Waals surface area contributed by atoms with Crippen LogP contribution in [0.25, 0.3) is 0 Å². The Morgan fingerprint density at radius 1 is 1.07 bits per heavy atom. The zero-order chi connectivity index (χ0) is 21.1. The number of halogens is 2. The van der Waals surface area contributed by atoms with Crippen molar-refractivity contribution in [2.75, 3.05) is 18.4 Å². The molecule has 0 aromatic heterocycles. The lowest BCUT2D eigenvalue weighted by Crippen LogP contribution is -2.31. The number of benzene rings is 2. The number of sulfonamides is 1. The molecule has 150 valence electrons. The van der Waals surface area contributed by atoms with Crippen LogP contribution in [0.5, 0.6) is 0 Å². The van der Waals surface area contributed by atoms with Crippen LogP contribution in [0.1, 0.15) is 34.6 Å². The molecule has 0 radical (unpaired) electrons. The van der Waals surface area contributed by atoms with E-state index in [1.54, 1.807) is 19.9 Å². The third kappa shape index (κ3) is 4.80. The summed E-state index contributed by atoms with van der Waals surface area (Å²) in [5.41, 5.74) is 0.112. The lowest BCUT2D eigenvalue weighted by Gasteiger charge is -2.19. The van der Waals surface area contributed by atoms with Gasteiger partial charge in [-0.2, -0.15) is 4.31 Å². The van der Waals surface area contributed by atoms with Crippen LogP contribution in [0.4, 0.5) is 5.69 Å². The Labute approximate surface area is 180 Å². The molecule has 2 N–H and O–H groups in total. The lowest BCUT2D eigenvalue weighted by atomic mass is 10.1. The molecular formula is C18H18Br2N2O5S. The number of aromatic carboxylic acids is 1. The van der Waals surface area contributed by atoms with Crippen LogP contribution in [0.3, 0.4) is 0 Å². The third-order valence-corrected chi connectivity index (χ3v) is 7.51. The zero-order valence-corrected chi connectivity index (χ0v) is 19.1. The van der Waals surface area contributed by atoms with E-state index in [9.17, 15) is 23.1 Å². The van der Waals surface area contributed by atoms with Crippen LogP contribution in [0.2, 0.25) is 0 Å². The molecule has 2 aromatic carbocycles. The lowest BCUT2D eigenvalue weighted by molar-refractivity contribution is 0.0698. The fraction of sp³-hybridized carbons (Fsp3) is 0.222. The van der Waals surface area contributed by atoms with Crippen molar-refractivity contribution in [2.24, 2.45) is 0 Å². The molecule has 0 spiro atoms. The summed E-state index contributed by atoms with van der Waals surface area (Å²) in [4.78, 5) is 24.0. The highest BCUT2D eigenvalue weighted by atomic mass is 79.9. The SMILES string of the molecule is CCN(CC)S(=O)(=O)c1cc(C(=O)Nc2ccc(Br)cc2C(=O)O)ccc1Br.